The van der Waals surface area contributed by atoms with Crippen molar-refractivity contribution in [3.05, 3.63) is 84.6 Å². The molecule has 6 heteroatoms. The number of fused-ring (bicyclic) bond motifs is 2. The van der Waals surface area contributed by atoms with E-state index in [-0.39, 0.29) is 0 Å². The van der Waals surface area contributed by atoms with Gasteiger partial charge < -0.3 is 9.72 Å². The van der Waals surface area contributed by atoms with E-state index in [0.29, 0.717) is 12.0 Å². The summed E-state index contributed by atoms with van der Waals surface area (Å²) in [6.07, 6.45) is 13.3. The van der Waals surface area contributed by atoms with Crippen molar-refractivity contribution in [3.8, 4) is 11.1 Å². The number of nitrogens with zero attached hydrogens (tertiary/aromatic N) is 5. The molecule has 0 saturated heterocycles. The number of pyridine rings is 1. The van der Waals surface area contributed by atoms with Crippen LogP contribution in [0, 0.1) is 5.92 Å². The number of hydrogen-bond donors (Lipinski definition) is 1. The SMILES string of the molecule is C=C(NCC(C)CN1CCc2ccccc2C1)c1cn2cc(-c3cnn(C4CCC4)c3)ccc2n1. The molecule has 2 aliphatic rings. The third-order valence-corrected chi connectivity index (χ3v) is 7.59. The quantitative estimate of drug-likeness (QED) is 0.389. The maximum atomic E-state index is 4.79. The van der Waals surface area contributed by atoms with Crippen molar-refractivity contribution >= 4 is 11.3 Å². The summed E-state index contributed by atoms with van der Waals surface area (Å²) in [6, 6.07) is 13.6. The lowest BCUT2D eigenvalue weighted by Crippen LogP contribution is -2.36. The highest BCUT2D eigenvalue weighted by Crippen LogP contribution is 2.32. The molecule has 0 amide bonds. The lowest BCUT2D eigenvalue weighted by Gasteiger charge is -2.31. The number of aromatic nitrogens is 4. The Balaban J connectivity index is 1.06. The van der Waals surface area contributed by atoms with Crippen LogP contribution in [0.4, 0.5) is 0 Å². The minimum absolute atomic E-state index is 0.521. The van der Waals surface area contributed by atoms with E-state index in [0.717, 1.165) is 60.8 Å². The Bertz CT molecular complexity index is 1340. The van der Waals surface area contributed by atoms with Crippen molar-refractivity contribution in [3.63, 3.8) is 0 Å². The van der Waals surface area contributed by atoms with Crippen LogP contribution < -0.4 is 5.32 Å². The van der Waals surface area contributed by atoms with Crippen LogP contribution in [0.2, 0.25) is 0 Å². The molecule has 1 atom stereocenters. The van der Waals surface area contributed by atoms with Gasteiger partial charge in [-0.15, -0.1) is 0 Å². The smallest absolute Gasteiger partial charge is 0.137 e. The Morgan fingerprint density at radius 2 is 1.94 bits per heavy atom. The van der Waals surface area contributed by atoms with Crippen LogP contribution >= 0.6 is 0 Å². The summed E-state index contributed by atoms with van der Waals surface area (Å²) >= 11 is 0. The van der Waals surface area contributed by atoms with Gasteiger partial charge in [0.25, 0.3) is 0 Å². The first kappa shape index (κ1) is 22.1. The number of benzene rings is 1. The number of hydrogen-bond acceptors (Lipinski definition) is 4. The van der Waals surface area contributed by atoms with Crippen LogP contribution in [0.3, 0.4) is 0 Å². The van der Waals surface area contributed by atoms with Gasteiger partial charge in [0.05, 0.1) is 17.9 Å². The average Bonchev–Trinajstić information content (AvgIpc) is 3.48. The molecule has 1 aliphatic heterocycles. The summed E-state index contributed by atoms with van der Waals surface area (Å²) in [6.45, 7) is 10.7. The van der Waals surface area contributed by atoms with E-state index in [9.17, 15) is 0 Å². The van der Waals surface area contributed by atoms with Crippen molar-refractivity contribution in [2.45, 2.75) is 45.2 Å². The molecule has 1 fully saturated rings. The van der Waals surface area contributed by atoms with Crippen molar-refractivity contribution in [1.29, 1.82) is 0 Å². The predicted octanol–water partition coefficient (Wildman–Crippen LogP) is 5.18. The van der Waals surface area contributed by atoms with Gasteiger partial charge in [0, 0.05) is 55.9 Å². The predicted molar refractivity (Wildman–Crippen MR) is 141 cm³/mol. The Morgan fingerprint density at radius 1 is 1.09 bits per heavy atom. The van der Waals surface area contributed by atoms with Gasteiger partial charge in [0.15, 0.2) is 0 Å². The molecule has 6 nitrogen and oxygen atoms in total. The first-order chi connectivity index (χ1) is 17.1. The Morgan fingerprint density at radius 3 is 2.77 bits per heavy atom. The molecule has 1 aliphatic carbocycles. The van der Waals surface area contributed by atoms with E-state index in [1.54, 1.807) is 0 Å². The topological polar surface area (TPSA) is 50.4 Å². The number of rotatable bonds is 8. The van der Waals surface area contributed by atoms with E-state index < -0.39 is 0 Å². The normalized spacial score (nSPS) is 17.2. The summed E-state index contributed by atoms with van der Waals surface area (Å²) < 4.78 is 4.21. The molecule has 0 radical (unpaired) electrons. The summed E-state index contributed by atoms with van der Waals surface area (Å²) in [5.74, 6) is 0.521. The van der Waals surface area contributed by atoms with Crippen molar-refractivity contribution in [2.24, 2.45) is 5.92 Å². The monoisotopic (exact) mass is 466 g/mol. The second kappa shape index (κ2) is 9.34. The third kappa shape index (κ3) is 4.63. The molecule has 1 saturated carbocycles. The summed E-state index contributed by atoms with van der Waals surface area (Å²) in [7, 11) is 0. The van der Waals surface area contributed by atoms with Crippen LogP contribution in [0.15, 0.2) is 67.8 Å². The van der Waals surface area contributed by atoms with E-state index in [1.165, 1.54) is 30.4 Å². The molecule has 1 aromatic carbocycles. The Kier molecular flexibility index (Phi) is 5.90. The van der Waals surface area contributed by atoms with Crippen LogP contribution in [0.1, 0.15) is 49.0 Å². The molecule has 0 bridgehead atoms. The van der Waals surface area contributed by atoms with Gasteiger partial charge in [-0.05, 0) is 54.9 Å². The van der Waals surface area contributed by atoms with Gasteiger partial charge in [0.2, 0.25) is 0 Å². The van der Waals surface area contributed by atoms with Crippen LogP contribution in [-0.2, 0) is 13.0 Å². The fourth-order valence-corrected chi connectivity index (χ4v) is 5.25. The maximum Gasteiger partial charge on any atom is 0.137 e. The van der Waals surface area contributed by atoms with Crippen molar-refractivity contribution in [2.75, 3.05) is 19.6 Å². The highest BCUT2D eigenvalue weighted by atomic mass is 15.3. The molecule has 1 N–H and O–H groups in total. The number of imidazole rings is 1. The Hall–Kier alpha value is -3.38. The van der Waals surface area contributed by atoms with Crippen LogP contribution in [0.25, 0.3) is 22.5 Å². The molecule has 0 spiro atoms. The molecular formula is C29H34N6. The van der Waals surface area contributed by atoms with E-state index >= 15 is 0 Å². The lowest BCUT2D eigenvalue weighted by molar-refractivity contribution is 0.220. The highest BCUT2D eigenvalue weighted by Gasteiger charge is 2.20. The molecule has 180 valence electrons. The van der Waals surface area contributed by atoms with E-state index in [2.05, 4.69) is 92.9 Å². The van der Waals surface area contributed by atoms with Crippen LogP contribution in [0.5, 0.6) is 0 Å². The zero-order chi connectivity index (χ0) is 23.8. The van der Waals surface area contributed by atoms with Gasteiger partial charge in [-0.3, -0.25) is 9.58 Å². The first-order valence-electron chi connectivity index (χ1n) is 12.9. The summed E-state index contributed by atoms with van der Waals surface area (Å²) in [4.78, 5) is 7.36. The van der Waals surface area contributed by atoms with Gasteiger partial charge >= 0.3 is 0 Å². The molecule has 6 rings (SSSR count). The molecule has 4 heterocycles. The first-order valence-corrected chi connectivity index (χ1v) is 12.9. The van der Waals surface area contributed by atoms with Crippen molar-refractivity contribution < 1.29 is 0 Å². The largest absolute Gasteiger partial charge is 0.383 e. The zero-order valence-corrected chi connectivity index (χ0v) is 20.5. The molecule has 4 aromatic rings. The van der Waals surface area contributed by atoms with Gasteiger partial charge in [0.1, 0.15) is 11.3 Å². The third-order valence-electron chi connectivity index (χ3n) is 7.59. The summed E-state index contributed by atoms with van der Waals surface area (Å²) in [5.41, 5.74) is 7.99. The minimum Gasteiger partial charge on any atom is -0.383 e. The summed E-state index contributed by atoms with van der Waals surface area (Å²) in [5, 5.41) is 8.12. The second-order valence-electron chi connectivity index (χ2n) is 10.3. The molecule has 1 unspecified atom stereocenters. The molecular weight excluding hydrogens is 432 g/mol. The lowest BCUT2D eigenvalue weighted by atomic mass is 9.93. The van der Waals surface area contributed by atoms with Gasteiger partial charge in [-0.2, -0.15) is 5.10 Å². The maximum absolute atomic E-state index is 4.79. The standard InChI is InChI=1S/C29H34N6/c1-21(16-33-13-12-23-6-3-4-7-24(23)17-33)14-30-22(2)28-20-34-18-25(10-11-29(34)32-28)26-15-31-35(19-26)27-8-5-9-27/h3-4,6-7,10-11,15,18-21,27,30H,2,5,8-9,12-14,16-17H2,1H3. The fourth-order valence-electron chi connectivity index (χ4n) is 5.25. The van der Waals surface area contributed by atoms with E-state index in [4.69, 9.17) is 4.98 Å². The van der Waals surface area contributed by atoms with Crippen molar-refractivity contribution in [1.82, 2.24) is 29.4 Å². The molecule has 35 heavy (non-hydrogen) atoms. The minimum atomic E-state index is 0.521. The van der Waals surface area contributed by atoms with Gasteiger partial charge in [-0.25, -0.2) is 4.98 Å². The highest BCUT2D eigenvalue weighted by molar-refractivity contribution is 5.66. The van der Waals surface area contributed by atoms with Crippen LogP contribution in [-0.4, -0.2) is 43.7 Å². The zero-order valence-electron chi connectivity index (χ0n) is 20.5. The number of nitrogens with one attached hydrogen (secondary N) is 1. The fraction of sp³-hybridized carbons (Fsp3) is 0.379. The Labute approximate surface area is 207 Å². The average molecular weight is 467 g/mol. The van der Waals surface area contributed by atoms with E-state index in [1.807, 2.05) is 6.20 Å². The van der Waals surface area contributed by atoms with Gasteiger partial charge in [-0.1, -0.05) is 37.8 Å². The second-order valence-corrected chi connectivity index (χ2v) is 10.3. The molecule has 3 aromatic heterocycles.